The van der Waals surface area contributed by atoms with E-state index in [0.717, 1.165) is 16.7 Å². The Kier molecular flexibility index (Phi) is 3.58. The number of methoxy groups -OCH3 is 1. The van der Waals surface area contributed by atoms with Crippen molar-refractivity contribution in [2.45, 2.75) is 13.0 Å². The lowest BCUT2D eigenvalue weighted by Gasteiger charge is -2.13. The Balaban J connectivity index is 2.57. The van der Waals surface area contributed by atoms with Crippen molar-refractivity contribution in [2.24, 2.45) is 5.73 Å². The maximum absolute atomic E-state index is 13.4. The topological polar surface area (TPSA) is 48.1 Å². The number of nitrogens with two attached hydrogens (primary N) is 1. The highest BCUT2D eigenvalue weighted by molar-refractivity contribution is 5.68. The van der Waals surface area contributed by atoms with Crippen molar-refractivity contribution in [3.63, 3.8) is 0 Å². The van der Waals surface area contributed by atoms with E-state index in [1.165, 1.54) is 12.1 Å². The van der Waals surface area contributed by atoms with Gasteiger partial charge in [0.1, 0.15) is 11.6 Å². The highest BCUT2D eigenvalue weighted by Crippen LogP contribution is 2.29. The van der Waals surface area contributed by atoms with E-state index in [2.05, 4.69) is 4.98 Å². The molecule has 4 heteroatoms. The van der Waals surface area contributed by atoms with Crippen molar-refractivity contribution < 1.29 is 9.13 Å². The fourth-order valence-corrected chi connectivity index (χ4v) is 1.85. The van der Waals surface area contributed by atoms with Crippen LogP contribution in [0.4, 0.5) is 4.39 Å². The fraction of sp³-hybridized carbons (Fsp3) is 0.214. The van der Waals surface area contributed by atoms with Crippen molar-refractivity contribution in [3.05, 3.63) is 48.0 Å². The molecule has 0 aliphatic rings. The maximum Gasteiger partial charge on any atom is 0.137 e. The van der Waals surface area contributed by atoms with E-state index >= 15 is 0 Å². The third-order valence-electron chi connectivity index (χ3n) is 2.77. The van der Waals surface area contributed by atoms with Gasteiger partial charge in [-0.2, -0.15) is 0 Å². The minimum absolute atomic E-state index is 0.174. The molecule has 0 amide bonds. The van der Waals surface area contributed by atoms with Gasteiger partial charge in [0.15, 0.2) is 0 Å². The standard InChI is InChI=1S/C14H15FN2O/c1-9(16)13-4-3-11(15)6-14(13)10-5-12(18-2)8-17-7-10/h3-9H,16H2,1-2H3. The highest BCUT2D eigenvalue weighted by Gasteiger charge is 2.11. The second kappa shape index (κ2) is 5.14. The molecule has 1 atom stereocenters. The second-order valence-corrected chi connectivity index (χ2v) is 4.13. The number of nitrogens with zero attached hydrogens (tertiary/aromatic N) is 1. The van der Waals surface area contributed by atoms with E-state index < -0.39 is 0 Å². The number of hydrogen-bond donors (Lipinski definition) is 1. The van der Waals surface area contributed by atoms with Crippen molar-refractivity contribution in [3.8, 4) is 16.9 Å². The number of hydrogen-bond acceptors (Lipinski definition) is 3. The lowest BCUT2D eigenvalue weighted by Crippen LogP contribution is -2.07. The zero-order valence-corrected chi connectivity index (χ0v) is 10.4. The summed E-state index contributed by atoms with van der Waals surface area (Å²) in [5.74, 6) is 0.338. The SMILES string of the molecule is COc1cncc(-c2cc(F)ccc2C(C)N)c1. The Morgan fingerprint density at radius 2 is 2.06 bits per heavy atom. The van der Waals surface area contributed by atoms with Crippen molar-refractivity contribution >= 4 is 0 Å². The average Bonchev–Trinajstić information content (AvgIpc) is 2.38. The summed E-state index contributed by atoms with van der Waals surface area (Å²) in [5.41, 5.74) is 8.32. The van der Waals surface area contributed by atoms with Gasteiger partial charge in [-0.05, 0) is 36.2 Å². The largest absolute Gasteiger partial charge is 0.495 e. The molecule has 2 aromatic rings. The van der Waals surface area contributed by atoms with Gasteiger partial charge < -0.3 is 10.5 Å². The molecule has 1 unspecified atom stereocenters. The van der Waals surface area contributed by atoms with Gasteiger partial charge in [0.05, 0.1) is 13.3 Å². The normalized spacial score (nSPS) is 12.2. The van der Waals surface area contributed by atoms with Crippen molar-refractivity contribution in [1.82, 2.24) is 4.98 Å². The Hall–Kier alpha value is -1.94. The molecule has 2 N–H and O–H groups in total. The van der Waals surface area contributed by atoms with Gasteiger partial charge >= 0.3 is 0 Å². The number of aromatic nitrogens is 1. The molecule has 0 saturated heterocycles. The number of ether oxygens (including phenoxy) is 1. The zero-order chi connectivity index (χ0) is 13.1. The molecule has 3 nitrogen and oxygen atoms in total. The molecule has 94 valence electrons. The fourth-order valence-electron chi connectivity index (χ4n) is 1.85. The lowest BCUT2D eigenvalue weighted by molar-refractivity contribution is 0.413. The molecule has 1 aromatic heterocycles. The van der Waals surface area contributed by atoms with E-state index in [-0.39, 0.29) is 11.9 Å². The lowest BCUT2D eigenvalue weighted by atomic mass is 9.97. The van der Waals surface area contributed by atoms with E-state index in [1.54, 1.807) is 25.6 Å². The van der Waals surface area contributed by atoms with Crippen LogP contribution in [0.15, 0.2) is 36.7 Å². The van der Waals surface area contributed by atoms with Gasteiger partial charge in [-0.3, -0.25) is 4.98 Å². The summed E-state index contributed by atoms with van der Waals surface area (Å²) in [7, 11) is 1.57. The van der Waals surface area contributed by atoms with Gasteiger partial charge in [-0.15, -0.1) is 0 Å². The summed E-state index contributed by atoms with van der Waals surface area (Å²) < 4.78 is 18.5. The van der Waals surface area contributed by atoms with Crippen LogP contribution < -0.4 is 10.5 Å². The second-order valence-electron chi connectivity index (χ2n) is 4.13. The van der Waals surface area contributed by atoms with E-state index in [9.17, 15) is 4.39 Å². The third kappa shape index (κ3) is 2.49. The Morgan fingerprint density at radius 1 is 1.28 bits per heavy atom. The number of benzene rings is 1. The number of pyridine rings is 1. The molecule has 0 aliphatic carbocycles. The van der Waals surface area contributed by atoms with Gasteiger partial charge in [-0.25, -0.2) is 4.39 Å². The first-order chi connectivity index (χ1) is 8.61. The van der Waals surface area contributed by atoms with Gasteiger partial charge in [0.25, 0.3) is 0 Å². The molecule has 0 radical (unpaired) electrons. The summed E-state index contributed by atoms with van der Waals surface area (Å²) >= 11 is 0. The van der Waals surface area contributed by atoms with Crippen LogP contribution in [-0.2, 0) is 0 Å². The summed E-state index contributed by atoms with van der Waals surface area (Å²) in [6.07, 6.45) is 3.28. The Bertz CT molecular complexity index is 555. The highest BCUT2D eigenvalue weighted by atomic mass is 19.1. The predicted molar refractivity (Wildman–Crippen MR) is 68.8 cm³/mol. The van der Waals surface area contributed by atoms with E-state index in [0.29, 0.717) is 5.75 Å². The average molecular weight is 246 g/mol. The smallest absolute Gasteiger partial charge is 0.137 e. The minimum Gasteiger partial charge on any atom is -0.495 e. The molecular formula is C14H15FN2O. The molecule has 2 rings (SSSR count). The zero-order valence-electron chi connectivity index (χ0n) is 10.4. The Morgan fingerprint density at radius 3 is 2.72 bits per heavy atom. The van der Waals surface area contributed by atoms with Crippen LogP contribution in [0, 0.1) is 5.82 Å². The molecule has 0 bridgehead atoms. The van der Waals surface area contributed by atoms with Gasteiger partial charge in [0.2, 0.25) is 0 Å². The van der Waals surface area contributed by atoms with Crippen LogP contribution in [0.2, 0.25) is 0 Å². The maximum atomic E-state index is 13.4. The molecule has 18 heavy (non-hydrogen) atoms. The first-order valence-electron chi connectivity index (χ1n) is 5.66. The molecule has 1 heterocycles. The third-order valence-corrected chi connectivity index (χ3v) is 2.77. The molecule has 0 saturated carbocycles. The van der Waals surface area contributed by atoms with Crippen LogP contribution >= 0.6 is 0 Å². The van der Waals surface area contributed by atoms with Gasteiger partial charge in [-0.1, -0.05) is 6.07 Å². The molecule has 1 aromatic carbocycles. The van der Waals surface area contributed by atoms with Crippen LogP contribution in [-0.4, -0.2) is 12.1 Å². The van der Waals surface area contributed by atoms with Crippen LogP contribution in [0.25, 0.3) is 11.1 Å². The summed E-state index contributed by atoms with van der Waals surface area (Å²) in [6.45, 7) is 1.87. The number of halogens is 1. The monoisotopic (exact) mass is 246 g/mol. The quantitative estimate of drug-likeness (QED) is 0.905. The number of rotatable bonds is 3. The molecule has 0 fully saturated rings. The van der Waals surface area contributed by atoms with Crippen molar-refractivity contribution in [1.29, 1.82) is 0 Å². The molecule has 0 aliphatic heterocycles. The van der Waals surface area contributed by atoms with Crippen LogP contribution in [0.1, 0.15) is 18.5 Å². The first-order valence-corrected chi connectivity index (χ1v) is 5.66. The molecular weight excluding hydrogens is 231 g/mol. The predicted octanol–water partition coefficient (Wildman–Crippen LogP) is 2.92. The van der Waals surface area contributed by atoms with Crippen molar-refractivity contribution in [2.75, 3.05) is 7.11 Å². The van der Waals surface area contributed by atoms with E-state index in [4.69, 9.17) is 10.5 Å². The summed E-state index contributed by atoms with van der Waals surface area (Å²) in [6, 6.07) is 6.22. The first kappa shape index (κ1) is 12.5. The summed E-state index contributed by atoms with van der Waals surface area (Å²) in [4.78, 5) is 4.07. The van der Waals surface area contributed by atoms with Crippen LogP contribution in [0.3, 0.4) is 0 Å². The van der Waals surface area contributed by atoms with Crippen LogP contribution in [0.5, 0.6) is 5.75 Å². The Labute approximate surface area is 105 Å². The minimum atomic E-state index is -0.294. The summed E-state index contributed by atoms with van der Waals surface area (Å²) in [5, 5.41) is 0. The molecule has 0 spiro atoms. The van der Waals surface area contributed by atoms with Gasteiger partial charge in [0, 0.05) is 17.8 Å². The van der Waals surface area contributed by atoms with E-state index in [1.807, 2.05) is 13.0 Å².